The number of aromatic nitrogens is 1. The van der Waals surface area contributed by atoms with E-state index in [4.69, 9.17) is 16.3 Å². The van der Waals surface area contributed by atoms with E-state index in [1.165, 1.54) is 4.90 Å². The SMILES string of the molecule is N#C/C(=C/c1cn(CCSc2ccc(Cl)cc2)c2ccccc12)C(=O)N1CCOCC1. The van der Waals surface area contributed by atoms with E-state index >= 15 is 0 Å². The summed E-state index contributed by atoms with van der Waals surface area (Å²) >= 11 is 7.72. The van der Waals surface area contributed by atoms with E-state index in [-0.39, 0.29) is 11.5 Å². The molecule has 7 heteroatoms. The van der Waals surface area contributed by atoms with Crippen LogP contribution in [0.2, 0.25) is 5.02 Å². The monoisotopic (exact) mass is 451 g/mol. The van der Waals surface area contributed by atoms with Crippen LogP contribution < -0.4 is 0 Å². The third kappa shape index (κ3) is 5.13. The van der Waals surface area contributed by atoms with Gasteiger partial charge in [0, 0.05) is 58.0 Å². The number of carbonyl (C=O) groups excluding carboxylic acids is 1. The van der Waals surface area contributed by atoms with Gasteiger partial charge in [0.15, 0.2) is 0 Å². The van der Waals surface area contributed by atoms with Crippen molar-refractivity contribution in [3.63, 3.8) is 0 Å². The highest BCUT2D eigenvalue weighted by molar-refractivity contribution is 7.99. The van der Waals surface area contributed by atoms with E-state index in [1.54, 1.807) is 22.7 Å². The lowest BCUT2D eigenvalue weighted by molar-refractivity contribution is -0.130. The van der Waals surface area contributed by atoms with Crippen LogP contribution in [0.5, 0.6) is 0 Å². The molecule has 0 saturated carbocycles. The minimum atomic E-state index is -0.235. The molecule has 3 aromatic rings. The maximum absolute atomic E-state index is 12.8. The molecule has 0 unspecified atom stereocenters. The van der Waals surface area contributed by atoms with Crippen molar-refractivity contribution in [2.24, 2.45) is 0 Å². The molecule has 0 N–H and O–H groups in total. The van der Waals surface area contributed by atoms with Crippen molar-refractivity contribution in [3.05, 3.63) is 70.9 Å². The van der Waals surface area contributed by atoms with E-state index in [1.807, 2.05) is 48.7 Å². The minimum Gasteiger partial charge on any atom is -0.378 e. The Morgan fingerprint density at radius 1 is 1.16 bits per heavy atom. The Kier molecular flexibility index (Phi) is 6.98. The van der Waals surface area contributed by atoms with Crippen LogP contribution in [0.3, 0.4) is 0 Å². The molecule has 2 aromatic carbocycles. The highest BCUT2D eigenvalue weighted by Crippen LogP contribution is 2.26. The number of carbonyl (C=O) groups is 1. The van der Waals surface area contributed by atoms with Gasteiger partial charge in [-0.05, 0) is 36.4 Å². The Labute approximate surface area is 190 Å². The average molecular weight is 452 g/mol. The fraction of sp³-hybridized carbons (Fsp3) is 0.250. The first kappa shape index (κ1) is 21.5. The molecule has 4 rings (SSSR count). The molecule has 1 aliphatic heterocycles. The number of hydrogen-bond donors (Lipinski definition) is 0. The Morgan fingerprint density at radius 3 is 2.65 bits per heavy atom. The first-order chi connectivity index (χ1) is 15.2. The summed E-state index contributed by atoms with van der Waals surface area (Å²) in [5.74, 6) is 0.655. The van der Waals surface area contributed by atoms with Gasteiger partial charge in [-0.25, -0.2) is 0 Å². The first-order valence-electron chi connectivity index (χ1n) is 10.1. The van der Waals surface area contributed by atoms with E-state index < -0.39 is 0 Å². The van der Waals surface area contributed by atoms with Gasteiger partial charge in [0.05, 0.1) is 13.2 Å². The molecule has 0 radical (unpaired) electrons. The molecule has 158 valence electrons. The number of fused-ring (bicyclic) bond motifs is 1. The zero-order chi connectivity index (χ0) is 21.6. The molecule has 1 saturated heterocycles. The highest BCUT2D eigenvalue weighted by Gasteiger charge is 2.21. The quantitative estimate of drug-likeness (QED) is 0.305. The van der Waals surface area contributed by atoms with Gasteiger partial charge in [-0.15, -0.1) is 11.8 Å². The molecule has 31 heavy (non-hydrogen) atoms. The van der Waals surface area contributed by atoms with Crippen LogP contribution in [0, 0.1) is 11.3 Å². The van der Waals surface area contributed by atoms with Crippen LogP contribution in [0.1, 0.15) is 5.56 Å². The molecule has 0 atom stereocenters. The largest absolute Gasteiger partial charge is 0.378 e. The molecule has 0 spiro atoms. The number of nitriles is 1. The van der Waals surface area contributed by atoms with Crippen LogP contribution in [0.25, 0.3) is 17.0 Å². The number of para-hydroxylation sites is 1. The summed E-state index contributed by atoms with van der Waals surface area (Å²) in [6.07, 6.45) is 3.74. The van der Waals surface area contributed by atoms with Gasteiger partial charge < -0.3 is 14.2 Å². The van der Waals surface area contributed by atoms with E-state index in [0.29, 0.717) is 26.3 Å². The minimum absolute atomic E-state index is 0.153. The molecular formula is C24H22ClN3O2S. The zero-order valence-corrected chi connectivity index (χ0v) is 18.5. The van der Waals surface area contributed by atoms with E-state index in [9.17, 15) is 10.1 Å². The molecular weight excluding hydrogens is 430 g/mol. The summed E-state index contributed by atoms with van der Waals surface area (Å²) in [6, 6.07) is 18.0. The maximum atomic E-state index is 12.8. The van der Waals surface area contributed by atoms with Gasteiger partial charge >= 0.3 is 0 Å². The summed E-state index contributed by atoms with van der Waals surface area (Å²) < 4.78 is 7.49. The van der Waals surface area contributed by atoms with Crippen LogP contribution in [0.15, 0.2) is 65.2 Å². The standard InChI is InChI=1S/C24H22ClN3O2S/c25-20-5-7-21(8-6-20)31-14-11-28-17-19(22-3-1-2-4-23(22)28)15-18(16-26)24(29)27-9-12-30-13-10-27/h1-8,15,17H,9-14H2/b18-15-. The lowest BCUT2D eigenvalue weighted by Crippen LogP contribution is -2.41. The number of rotatable bonds is 6. The molecule has 0 bridgehead atoms. The van der Waals surface area contributed by atoms with Crippen molar-refractivity contribution in [1.82, 2.24) is 9.47 Å². The summed E-state index contributed by atoms with van der Waals surface area (Å²) in [6.45, 7) is 2.86. The van der Waals surface area contributed by atoms with Crippen molar-refractivity contribution in [3.8, 4) is 6.07 Å². The number of halogens is 1. The Bertz CT molecular complexity index is 1140. The van der Waals surface area contributed by atoms with E-state index in [2.05, 4.69) is 16.7 Å². The average Bonchev–Trinajstić information content (AvgIpc) is 3.16. The van der Waals surface area contributed by atoms with Gasteiger partial charge in [0.25, 0.3) is 5.91 Å². The van der Waals surface area contributed by atoms with Crippen molar-refractivity contribution in [2.45, 2.75) is 11.4 Å². The number of aryl methyl sites for hydroxylation is 1. The van der Waals surface area contributed by atoms with Crippen LogP contribution in [-0.2, 0) is 16.1 Å². The molecule has 5 nitrogen and oxygen atoms in total. The second kappa shape index (κ2) is 10.1. The molecule has 1 aliphatic rings. The lowest BCUT2D eigenvalue weighted by atomic mass is 10.1. The summed E-state index contributed by atoms with van der Waals surface area (Å²) in [5.41, 5.74) is 2.12. The number of hydrogen-bond acceptors (Lipinski definition) is 4. The zero-order valence-electron chi connectivity index (χ0n) is 17.0. The van der Waals surface area contributed by atoms with Crippen molar-refractivity contribution < 1.29 is 9.53 Å². The van der Waals surface area contributed by atoms with Gasteiger partial charge in [-0.2, -0.15) is 5.26 Å². The van der Waals surface area contributed by atoms with Crippen LogP contribution in [0.4, 0.5) is 0 Å². The predicted molar refractivity (Wildman–Crippen MR) is 125 cm³/mol. The normalized spacial score (nSPS) is 14.6. The number of benzene rings is 2. The summed E-state index contributed by atoms with van der Waals surface area (Å²) in [7, 11) is 0. The van der Waals surface area contributed by atoms with Crippen molar-refractivity contribution >= 4 is 46.2 Å². The maximum Gasteiger partial charge on any atom is 0.264 e. The molecule has 1 aromatic heterocycles. The summed E-state index contributed by atoms with van der Waals surface area (Å²) in [5, 5.41) is 11.4. The number of morpholine rings is 1. The molecule has 1 fully saturated rings. The van der Waals surface area contributed by atoms with Crippen LogP contribution in [-0.4, -0.2) is 47.4 Å². The Balaban J connectivity index is 1.55. The van der Waals surface area contributed by atoms with Gasteiger partial charge in [-0.3, -0.25) is 4.79 Å². The topological polar surface area (TPSA) is 58.3 Å². The fourth-order valence-corrected chi connectivity index (χ4v) is 4.58. The van der Waals surface area contributed by atoms with Crippen molar-refractivity contribution in [1.29, 1.82) is 5.26 Å². The number of amides is 1. The van der Waals surface area contributed by atoms with Crippen molar-refractivity contribution in [2.75, 3.05) is 32.1 Å². The number of ether oxygens (including phenoxy) is 1. The molecule has 0 aliphatic carbocycles. The summed E-state index contributed by atoms with van der Waals surface area (Å²) in [4.78, 5) is 15.6. The molecule has 1 amide bonds. The Hall–Kier alpha value is -2.72. The van der Waals surface area contributed by atoms with Crippen LogP contribution >= 0.6 is 23.4 Å². The molecule has 2 heterocycles. The first-order valence-corrected chi connectivity index (χ1v) is 11.5. The Morgan fingerprint density at radius 2 is 1.90 bits per heavy atom. The van der Waals surface area contributed by atoms with Gasteiger partial charge in [0.1, 0.15) is 11.6 Å². The third-order valence-electron chi connectivity index (χ3n) is 5.18. The smallest absolute Gasteiger partial charge is 0.264 e. The van der Waals surface area contributed by atoms with Gasteiger partial charge in [0.2, 0.25) is 0 Å². The second-order valence-electron chi connectivity index (χ2n) is 7.17. The predicted octanol–water partition coefficient (Wildman–Crippen LogP) is 4.85. The highest BCUT2D eigenvalue weighted by atomic mass is 35.5. The number of thioether (sulfide) groups is 1. The fourth-order valence-electron chi connectivity index (χ4n) is 3.60. The van der Waals surface area contributed by atoms with E-state index in [0.717, 1.165) is 33.8 Å². The van der Waals surface area contributed by atoms with Gasteiger partial charge in [-0.1, -0.05) is 29.8 Å². The number of nitrogens with zero attached hydrogens (tertiary/aromatic N) is 3. The lowest BCUT2D eigenvalue weighted by Gasteiger charge is -2.26. The second-order valence-corrected chi connectivity index (χ2v) is 8.78. The third-order valence-corrected chi connectivity index (χ3v) is 6.43.